The summed E-state index contributed by atoms with van der Waals surface area (Å²) in [5.41, 5.74) is 2.22. The molecule has 1 aromatic rings. The maximum atomic E-state index is 11.8. The minimum atomic E-state index is -0.177. The Kier molecular flexibility index (Phi) is 7.35. The van der Waals surface area contributed by atoms with Gasteiger partial charge < -0.3 is 20.6 Å². The molecular formula is C17H29N3O2. The first-order chi connectivity index (χ1) is 10.3. The highest BCUT2D eigenvalue weighted by atomic mass is 16.3. The third kappa shape index (κ3) is 7.43. The van der Waals surface area contributed by atoms with Crippen molar-refractivity contribution in [3.63, 3.8) is 0 Å². The van der Waals surface area contributed by atoms with Gasteiger partial charge in [0.05, 0.1) is 0 Å². The summed E-state index contributed by atoms with van der Waals surface area (Å²) in [6.07, 6.45) is 0.667. The molecule has 0 aliphatic rings. The van der Waals surface area contributed by atoms with E-state index in [-0.39, 0.29) is 18.1 Å². The topological polar surface area (TPSA) is 64.6 Å². The minimum Gasteiger partial charge on any atom is -0.396 e. The summed E-state index contributed by atoms with van der Waals surface area (Å²) < 4.78 is 0. The fourth-order valence-corrected chi connectivity index (χ4v) is 2.16. The molecule has 2 amide bonds. The van der Waals surface area contributed by atoms with Crippen LogP contribution in [0.4, 0.5) is 4.79 Å². The first-order valence-electron chi connectivity index (χ1n) is 7.67. The van der Waals surface area contributed by atoms with Gasteiger partial charge in [0.1, 0.15) is 0 Å². The number of benzene rings is 1. The highest BCUT2D eigenvalue weighted by molar-refractivity contribution is 5.73. The summed E-state index contributed by atoms with van der Waals surface area (Å²) in [5, 5.41) is 14.7. The van der Waals surface area contributed by atoms with Gasteiger partial charge in [-0.15, -0.1) is 0 Å². The zero-order chi connectivity index (χ0) is 16.6. The molecule has 5 heteroatoms. The first-order valence-corrected chi connectivity index (χ1v) is 7.67. The molecule has 1 aromatic carbocycles. The fraction of sp³-hybridized carbons (Fsp3) is 0.588. The number of rotatable bonds is 8. The predicted octanol–water partition coefficient (Wildman–Crippen LogP) is 1.96. The number of aliphatic hydroxyl groups excluding tert-OH is 1. The molecule has 0 aliphatic carbocycles. The maximum Gasteiger partial charge on any atom is 0.315 e. The van der Waals surface area contributed by atoms with Crippen molar-refractivity contribution in [1.82, 2.24) is 15.5 Å². The van der Waals surface area contributed by atoms with Crippen LogP contribution in [-0.2, 0) is 13.1 Å². The Labute approximate surface area is 133 Å². The van der Waals surface area contributed by atoms with Crippen LogP contribution in [0.1, 0.15) is 31.4 Å². The standard InChI is InChI=1S/C17H29N3O2/c1-17(2,8-9-21)13-19-16(22)18-11-14-6-5-7-15(10-14)12-20(3)4/h5-7,10,21H,8-9,11-13H2,1-4H3,(H2,18,19,22). The lowest BCUT2D eigenvalue weighted by atomic mass is 9.90. The van der Waals surface area contributed by atoms with Gasteiger partial charge in [0.15, 0.2) is 0 Å². The van der Waals surface area contributed by atoms with E-state index >= 15 is 0 Å². The lowest BCUT2D eigenvalue weighted by Crippen LogP contribution is -2.40. The van der Waals surface area contributed by atoms with Crippen molar-refractivity contribution in [2.24, 2.45) is 5.41 Å². The molecule has 1 rings (SSSR count). The molecule has 0 heterocycles. The van der Waals surface area contributed by atoms with E-state index in [1.807, 2.05) is 40.1 Å². The molecule has 0 radical (unpaired) electrons. The lowest BCUT2D eigenvalue weighted by molar-refractivity contribution is 0.201. The van der Waals surface area contributed by atoms with Gasteiger partial charge in [-0.1, -0.05) is 38.1 Å². The predicted molar refractivity (Wildman–Crippen MR) is 89.6 cm³/mol. The number of urea groups is 1. The number of hydrogen-bond acceptors (Lipinski definition) is 3. The molecule has 0 saturated heterocycles. The van der Waals surface area contributed by atoms with E-state index in [0.717, 1.165) is 12.1 Å². The van der Waals surface area contributed by atoms with E-state index in [4.69, 9.17) is 5.11 Å². The Hall–Kier alpha value is -1.59. The van der Waals surface area contributed by atoms with E-state index in [2.05, 4.69) is 27.7 Å². The van der Waals surface area contributed by atoms with Crippen LogP contribution in [0, 0.1) is 5.41 Å². The molecule has 22 heavy (non-hydrogen) atoms. The van der Waals surface area contributed by atoms with Gasteiger partial charge in [0.2, 0.25) is 0 Å². The molecule has 0 aliphatic heterocycles. The number of nitrogens with one attached hydrogen (secondary N) is 2. The average Bonchev–Trinajstić information content (AvgIpc) is 2.43. The smallest absolute Gasteiger partial charge is 0.315 e. The SMILES string of the molecule is CN(C)Cc1cccc(CNC(=O)NCC(C)(C)CCO)c1. The Morgan fingerprint density at radius 1 is 1.23 bits per heavy atom. The summed E-state index contributed by atoms with van der Waals surface area (Å²) in [6.45, 7) is 6.11. The van der Waals surface area contributed by atoms with Crippen LogP contribution >= 0.6 is 0 Å². The molecule has 0 atom stereocenters. The number of aliphatic hydroxyl groups is 1. The van der Waals surface area contributed by atoms with Gasteiger partial charge in [-0.25, -0.2) is 4.79 Å². The first kappa shape index (κ1) is 18.5. The molecule has 3 N–H and O–H groups in total. The summed E-state index contributed by atoms with van der Waals surface area (Å²) >= 11 is 0. The Balaban J connectivity index is 2.41. The fourth-order valence-electron chi connectivity index (χ4n) is 2.16. The molecule has 0 spiro atoms. The van der Waals surface area contributed by atoms with Crippen LogP contribution < -0.4 is 10.6 Å². The van der Waals surface area contributed by atoms with E-state index in [1.165, 1.54) is 5.56 Å². The third-order valence-electron chi connectivity index (χ3n) is 3.46. The van der Waals surface area contributed by atoms with Gasteiger partial charge in [0, 0.05) is 26.2 Å². The molecule has 0 fully saturated rings. The summed E-state index contributed by atoms with van der Waals surface area (Å²) in [7, 11) is 4.07. The van der Waals surface area contributed by atoms with Crippen molar-refractivity contribution >= 4 is 6.03 Å². The molecule has 5 nitrogen and oxygen atoms in total. The van der Waals surface area contributed by atoms with Crippen LogP contribution in [0.25, 0.3) is 0 Å². The van der Waals surface area contributed by atoms with E-state index < -0.39 is 0 Å². The van der Waals surface area contributed by atoms with E-state index in [9.17, 15) is 4.79 Å². The van der Waals surface area contributed by atoms with Gasteiger partial charge in [-0.3, -0.25) is 0 Å². The molecule has 0 bridgehead atoms. The maximum absolute atomic E-state index is 11.8. The Bertz CT molecular complexity index is 473. The van der Waals surface area contributed by atoms with Gasteiger partial charge >= 0.3 is 6.03 Å². The Morgan fingerprint density at radius 2 is 1.91 bits per heavy atom. The highest BCUT2D eigenvalue weighted by Crippen LogP contribution is 2.17. The van der Waals surface area contributed by atoms with Crippen molar-refractivity contribution in [1.29, 1.82) is 0 Å². The second-order valence-electron chi connectivity index (χ2n) is 6.73. The van der Waals surface area contributed by atoms with E-state index in [1.54, 1.807) is 0 Å². The molecular weight excluding hydrogens is 278 g/mol. The average molecular weight is 307 g/mol. The zero-order valence-corrected chi connectivity index (χ0v) is 14.1. The number of nitrogens with zero attached hydrogens (tertiary/aromatic N) is 1. The number of carbonyl (C=O) groups excluding carboxylic acids is 1. The van der Waals surface area contributed by atoms with Crippen molar-refractivity contribution in [3.8, 4) is 0 Å². The third-order valence-corrected chi connectivity index (χ3v) is 3.46. The lowest BCUT2D eigenvalue weighted by Gasteiger charge is -2.23. The van der Waals surface area contributed by atoms with Crippen molar-refractivity contribution in [2.75, 3.05) is 27.2 Å². The van der Waals surface area contributed by atoms with Gasteiger partial charge in [0.25, 0.3) is 0 Å². The second-order valence-corrected chi connectivity index (χ2v) is 6.73. The quantitative estimate of drug-likeness (QED) is 0.688. The number of carbonyl (C=O) groups is 1. The van der Waals surface area contributed by atoms with Crippen molar-refractivity contribution in [2.45, 2.75) is 33.4 Å². The largest absolute Gasteiger partial charge is 0.396 e. The monoisotopic (exact) mass is 307 g/mol. The zero-order valence-electron chi connectivity index (χ0n) is 14.1. The summed E-state index contributed by atoms with van der Waals surface area (Å²) in [5.74, 6) is 0. The Morgan fingerprint density at radius 3 is 2.55 bits per heavy atom. The summed E-state index contributed by atoms with van der Waals surface area (Å²) in [4.78, 5) is 14.0. The van der Waals surface area contributed by atoms with Crippen molar-refractivity contribution in [3.05, 3.63) is 35.4 Å². The highest BCUT2D eigenvalue weighted by Gasteiger charge is 2.17. The number of amides is 2. The van der Waals surface area contributed by atoms with Crippen LogP contribution in [0.3, 0.4) is 0 Å². The second kappa shape index (κ2) is 8.76. The summed E-state index contributed by atoms with van der Waals surface area (Å²) in [6, 6.07) is 8.04. The molecule has 124 valence electrons. The minimum absolute atomic E-state index is 0.0995. The van der Waals surface area contributed by atoms with Crippen molar-refractivity contribution < 1.29 is 9.90 Å². The molecule has 0 saturated carbocycles. The molecule has 0 unspecified atom stereocenters. The van der Waals surface area contributed by atoms with Crippen LogP contribution in [-0.4, -0.2) is 43.3 Å². The number of hydrogen-bond donors (Lipinski definition) is 3. The molecule has 0 aromatic heterocycles. The van der Waals surface area contributed by atoms with Crippen LogP contribution in [0.2, 0.25) is 0 Å². The van der Waals surface area contributed by atoms with Gasteiger partial charge in [-0.2, -0.15) is 0 Å². The van der Waals surface area contributed by atoms with Crippen LogP contribution in [0.5, 0.6) is 0 Å². The van der Waals surface area contributed by atoms with Gasteiger partial charge in [-0.05, 0) is 37.1 Å². The normalized spacial score (nSPS) is 11.5. The van der Waals surface area contributed by atoms with E-state index in [0.29, 0.717) is 19.5 Å². The van der Waals surface area contributed by atoms with Crippen LogP contribution in [0.15, 0.2) is 24.3 Å².